The fourth-order valence-electron chi connectivity index (χ4n) is 2.82. The van der Waals surface area contributed by atoms with Crippen LogP contribution in [0.1, 0.15) is 58.7 Å². The second kappa shape index (κ2) is 6.77. The number of aryl methyl sites for hydroxylation is 1. The Morgan fingerprint density at radius 2 is 2.18 bits per heavy atom. The van der Waals surface area contributed by atoms with Crippen molar-refractivity contribution < 1.29 is 9.32 Å². The van der Waals surface area contributed by atoms with Crippen LogP contribution in [-0.2, 0) is 16.6 Å². The highest BCUT2D eigenvalue weighted by atomic mass is 16.5. The highest BCUT2D eigenvalue weighted by Crippen LogP contribution is 2.23. The van der Waals surface area contributed by atoms with Crippen LogP contribution in [0.5, 0.6) is 0 Å². The molecule has 2 heterocycles. The SMILES string of the molecule is CC1CCN(C(=O)CCc2nc(C(C)(C)C)no2)C(CN)C1. The number of carbonyl (C=O) groups excluding carboxylic acids is 1. The minimum Gasteiger partial charge on any atom is -0.339 e. The third-order valence-electron chi connectivity index (χ3n) is 4.26. The van der Waals surface area contributed by atoms with Gasteiger partial charge in [0, 0.05) is 37.4 Å². The summed E-state index contributed by atoms with van der Waals surface area (Å²) in [6.07, 6.45) is 2.94. The Balaban J connectivity index is 1.91. The minimum atomic E-state index is -0.139. The van der Waals surface area contributed by atoms with E-state index in [1.54, 1.807) is 0 Å². The summed E-state index contributed by atoms with van der Waals surface area (Å²) in [7, 11) is 0. The molecule has 1 aliphatic rings. The summed E-state index contributed by atoms with van der Waals surface area (Å²) in [5.74, 6) is 2.00. The Bertz CT molecular complexity index is 506. The summed E-state index contributed by atoms with van der Waals surface area (Å²) < 4.78 is 5.24. The van der Waals surface area contributed by atoms with Crippen LogP contribution < -0.4 is 5.73 Å². The third-order valence-corrected chi connectivity index (χ3v) is 4.26. The van der Waals surface area contributed by atoms with Crippen molar-refractivity contribution in [1.82, 2.24) is 15.0 Å². The van der Waals surface area contributed by atoms with E-state index in [0.717, 1.165) is 19.4 Å². The number of hydrogen-bond donors (Lipinski definition) is 1. The van der Waals surface area contributed by atoms with Gasteiger partial charge in [-0.25, -0.2) is 0 Å². The average molecular weight is 308 g/mol. The summed E-state index contributed by atoms with van der Waals surface area (Å²) in [6.45, 7) is 9.66. The lowest BCUT2D eigenvalue weighted by Gasteiger charge is -2.38. The van der Waals surface area contributed by atoms with Gasteiger partial charge in [-0.05, 0) is 18.8 Å². The first-order valence-electron chi connectivity index (χ1n) is 8.14. The van der Waals surface area contributed by atoms with Gasteiger partial charge in [-0.3, -0.25) is 4.79 Å². The number of nitrogens with zero attached hydrogens (tertiary/aromatic N) is 3. The van der Waals surface area contributed by atoms with Crippen LogP contribution in [0.3, 0.4) is 0 Å². The number of rotatable bonds is 4. The number of hydrogen-bond acceptors (Lipinski definition) is 5. The molecule has 2 rings (SSSR count). The number of aromatic nitrogens is 2. The van der Waals surface area contributed by atoms with Crippen molar-refractivity contribution in [3.05, 3.63) is 11.7 Å². The average Bonchev–Trinajstić information content (AvgIpc) is 2.93. The molecule has 0 aromatic carbocycles. The second-order valence-electron chi connectivity index (χ2n) is 7.37. The summed E-state index contributed by atoms with van der Waals surface area (Å²) in [5.41, 5.74) is 5.68. The maximum atomic E-state index is 12.4. The quantitative estimate of drug-likeness (QED) is 0.918. The topological polar surface area (TPSA) is 85.2 Å². The van der Waals surface area contributed by atoms with E-state index >= 15 is 0 Å². The van der Waals surface area contributed by atoms with Crippen molar-refractivity contribution in [1.29, 1.82) is 0 Å². The highest BCUT2D eigenvalue weighted by molar-refractivity contribution is 5.76. The van der Waals surface area contributed by atoms with E-state index in [2.05, 4.69) is 17.1 Å². The maximum absolute atomic E-state index is 12.4. The van der Waals surface area contributed by atoms with Crippen molar-refractivity contribution >= 4 is 5.91 Å². The van der Waals surface area contributed by atoms with Crippen LogP contribution in [0, 0.1) is 5.92 Å². The van der Waals surface area contributed by atoms with Crippen molar-refractivity contribution in [3.8, 4) is 0 Å². The number of nitrogens with two attached hydrogens (primary N) is 1. The molecule has 0 bridgehead atoms. The largest absolute Gasteiger partial charge is 0.339 e. The van der Waals surface area contributed by atoms with Gasteiger partial charge in [0.15, 0.2) is 5.82 Å². The van der Waals surface area contributed by atoms with Crippen LogP contribution in [-0.4, -0.2) is 40.1 Å². The van der Waals surface area contributed by atoms with Crippen LogP contribution in [0.15, 0.2) is 4.52 Å². The van der Waals surface area contributed by atoms with E-state index in [1.807, 2.05) is 25.7 Å². The molecule has 124 valence electrons. The lowest BCUT2D eigenvalue weighted by Crippen LogP contribution is -2.49. The molecular formula is C16H28N4O2. The van der Waals surface area contributed by atoms with Crippen molar-refractivity contribution in [3.63, 3.8) is 0 Å². The predicted octanol–water partition coefficient (Wildman–Crippen LogP) is 1.89. The van der Waals surface area contributed by atoms with Gasteiger partial charge in [-0.2, -0.15) is 4.98 Å². The van der Waals surface area contributed by atoms with E-state index in [1.165, 1.54) is 0 Å². The summed E-state index contributed by atoms with van der Waals surface area (Å²) in [6, 6.07) is 0.170. The van der Waals surface area contributed by atoms with E-state index in [4.69, 9.17) is 10.3 Å². The van der Waals surface area contributed by atoms with Gasteiger partial charge >= 0.3 is 0 Å². The summed E-state index contributed by atoms with van der Waals surface area (Å²) >= 11 is 0. The molecule has 0 aliphatic carbocycles. The molecule has 2 unspecified atom stereocenters. The monoisotopic (exact) mass is 308 g/mol. The Hall–Kier alpha value is -1.43. The van der Waals surface area contributed by atoms with Gasteiger partial charge in [-0.1, -0.05) is 32.9 Å². The van der Waals surface area contributed by atoms with Crippen LogP contribution in [0.4, 0.5) is 0 Å². The molecule has 1 aromatic heterocycles. The lowest BCUT2D eigenvalue weighted by atomic mass is 9.92. The first kappa shape index (κ1) is 16.9. The van der Waals surface area contributed by atoms with E-state index in [9.17, 15) is 4.79 Å². The zero-order valence-electron chi connectivity index (χ0n) is 14.1. The van der Waals surface area contributed by atoms with Gasteiger partial charge in [0.2, 0.25) is 11.8 Å². The van der Waals surface area contributed by atoms with Gasteiger partial charge < -0.3 is 15.2 Å². The summed E-state index contributed by atoms with van der Waals surface area (Å²) in [5, 5.41) is 3.99. The Morgan fingerprint density at radius 3 is 2.77 bits per heavy atom. The first-order chi connectivity index (χ1) is 10.3. The van der Waals surface area contributed by atoms with E-state index < -0.39 is 0 Å². The number of carbonyl (C=O) groups is 1. The fourth-order valence-corrected chi connectivity index (χ4v) is 2.82. The zero-order valence-corrected chi connectivity index (χ0v) is 14.1. The fraction of sp³-hybridized carbons (Fsp3) is 0.812. The molecule has 2 atom stereocenters. The van der Waals surface area contributed by atoms with Crippen molar-refractivity contribution in [2.75, 3.05) is 13.1 Å². The molecule has 1 aliphatic heterocycles. The number of likely N-dealkylation sites (tertiary alicyclic amines) is 1. The van der Waals surface area contributed by atoms with Gasteiger partial charge in [0.05, 0.1) is 0 Å². The van der Waals surface area contributed by atoms with Crippen LogP contribution in [0.25, 0.3) is 0 Å². The molecule has 22 heavy (non-hydrogen) atoms. The Labute approximate surface area is 132 Å². The third kappa shape index (κ3) is 4.06. The Kier molecular flexibility index (Phi) is 5.21. The second-order valence-corrected chi connectivity index (χ2v) is 7.37. The van der Waals surface area contributed by atoms with Crippen LogP contribution >= 0.6 is 0 Å². The van der Waals surface area contributed by atoms with Crippen LogP contribution in [0.2, 0.25) is 0 Å². The standard InChI is InChI=1S/C16H28N4O2/c1-11-7-8-20(12(9-11)10-17)14(21)6-5-13-18-15(19-22-13)16(2,3)4/h11-12H,5-10,17H2,1-4H3. The molecule has 6 heteroatoms. The summed E-state index contributed by atoms with van der Waals surface area (Å²) in [4.78, 5) is 18.7. The Morgan fingerprint density at radius 1 is 1.45 bits per heavy atom. The van der Waals surface area contributed by atoms with Gasteiger partial charge in [0.25, 0.3) is 0 Å². The molecule has 0 radical (unpaired) electrons. The minimum absolute atomic E-state index is 0.137. The molecule has 0 saturated carbocycles. The van der Waals surface area contributed by atoms with Crippen molar-refractivity contribution in [2.45, 2.75) is 64.8 Å². The number of amides is 1. The lowest BCUT2D eigenvalue weighted by molar-refractivity contribution is -0.135. The molecule has 1 aromatic rings. The van der Waals surface area contributed by atoms with Gasteiger partial charge in [0.1, 0.15) is 0 Å². The smallest absolute Gasteiger partial charge is 0.227 e. The molecule has 1 fully saturated rings. The molecule has 0 spiro atoms. The highest BCUT2D eigenvalue weighted by Gasteiger charge is 2.29. The molecule has 1 amide bonds. The van der Waals surface area contributed by atoms with E-state index in [0.29, 0.717) is 37.0 Å². The van der Waals surface area contributed by atoms with Crippen molar-refractivity contribution in [2.24, 2.45) is 11.7 Å². The van der Waals surface area contributed by atoms with E-state index in [-0.39, 0.29) is 17.4 Å². The molecule has 6 nitrogen and oxygen atoms in total. The molecule has 2 N–H and O–H groups in total. The maximum Gasteiger partial charge on any atom is 0.227 e. The number of piperidine rings is 1. The first-order valence-corrected chi connectivity index (χ1v) is 8.14. The normalized spacial score (nSPS) is 22.9. The molecule has 1 saturated heterocycles. The van der Waals surface area contributed by atoms with Gasteiger partial charge in [-0.15, -0.1) is 0 Å². The molecular weight excluding hydrogens is 280 g/mol. The zero-order chi connectivity index (χ0) is 16.3. The predicted molar refractivity (Wildman–Crippen MR) is 84.3 cm³/mol.